The topological polar surface area (TPSA) is 42.4 Å². The van der Waals surface area contributed by atoms with E-state index in [-0.39, 0.29) is 5.91 Å². The number of hydrogen-bond acceptors (Lipinski definition) is 6. The molecule has 0 N–H and O–H groups in total. The van der Waals surface area contributed by atoms with Crippen LogP contribution in [0, 0.1) is 0 Å². The van der Waals surface area contributed by atoms with Gasteiger partial charge in [-0.25, -0.2) is 4.98 Å². The van der Waals surface area contributed by atoms with Gasteiger partial charge in [-0.2, -0.15) is 0 Å². The van der Waals surface area contributed by atoms with Crippen molar-refractivity contribution in [3.05, 3.63) is 40.2 Å². The van der Waals surface area contributed by atoms with Crippen molar-refractivity contribution < 1.29 is 9.53 Å². The number of aromatic nitrogens is 1. The van der Waals surface area contributed by atoms with Crippen molar-refractivity contribution in [2.45, 2.75) is 0 Å². The van der Waals surface area contributed by atoms with Crippen LogP contribution in [0.4, 0.5) is 0 Å². The van der Waals surface area contributed by atoms with Crippen LogP contribution in [0.25, 0.3) is 16.6 Å². The monoisotopic (exact) mass is 348 g/mol. The van der Waals surface area contributed by atoms with Gasteiger partial charge in [0.05, 0.1) is 17.7 Å². The number of carbonyl (C=O) groups excluding carboxylic acids is 1. The number of carbonyl (C=O) groups is 1. The first-order valence-corrected chi connectivity index (χ1v) is 8.50. The highest BCUT2D eigenvalue weighted by Gasteiger charge is 2.28. The van der Waals surface area contributed by atoms with Gasteiger partial charge in [0.15, 0.2) is 0 Å². The first-order chi connectivity index (χ1) is 10.6. The number of likely N-dealkylation sites (N-methyl/N-ethyl adjacent to an activating group) is 1. The van der Waals surface area contributed by atoms with Crippen LogP contribution in [-0.2, 0) is 4.79 Å². The molecule has 0 aliphatic carbocycles. The van der Waals surface area contributed by atoms with Gasteiger partial charge in [-0.15, -0.1) is 11.3 Å². The van der Waals surface area contributed by atoms with Crippen molar-refractivity contribution in [3.63, 3.8) is 0 Å². The number of thiocarbonyl (C=S) groups is 1. The molecular formula is C15H12N2O2S3. The second-order valence-electron chi connectivity index (χ2n) is 4.55. The fourth-order valence-corrected chi connectivity index (χ4v) is 3.85. The third-order valence-corrected chi connectivity index (χ3v) is 5.52. The predicted octanol–water partition coefficient (Wildman–Crippen LogP) is 3.65. The number of ether oxygens (including phenoxy) is 1. The summed E-state index contributed by atoms with van der Waals surface area (Å²) in [7, 11) is 3.32. The number of thioether (sulfide) groups is 1. The Hall–Kier alpha value is -1.70. The number of amides is 1. The largest absolute Gasteiger partial charge is 0.497 e. The summed E-state index contributed by atoms with van der Waals surface area (Å²) in [6, 6.07) is 7.73. The van der Waals surface area contributed by atoms with Gasteiger partial charge in [-0.05, 0) is 30.3 Å². The minimum Gasteiger partial charge on any atom is -0.497 e. The zero-order valence-corrected chi connectivity index (χ0v) is 14.3. The van der Waals surface area contributed by atoms with Gasteiger partial charge in [0.2, 0.25) is 0 Å². The normalized spacial score (nSPS) is 16.6. The minimum absolute atomic E-state index is 0.0750. The second-order valence-corrected chi connectivity index (χ2v) is 7.08. The van der Waals surface area contributed by atoms with Gasteiger partial charge in [0.25, 0.3) is 5.91 Å². The summed E-state index contributed by atoms with van der Waals surface area (Å²) in [6.07, 6.45) is 1.78. The SMILES string of the molecule is COc1ccc(-c2nc(C=C3SC(=S)N(C)C3=O)cs2)cc1. The van der Waals surface area contributed by atoms with Crippen LogP contribution in [-0.4, -0.2) is 34.3 Å². The van der Waals surface area contributed by atoms with E-state index in [9.17, 15) is 4.79 Å². The molecule has 0 unspecified atom stereocenters. The van der Waals surface area contributed by atoms with Crippen LogP contribution in [0.15, 0.2) is 34.6 Å². The van der Waals surface area contributed by atoms with Gasteiger partial charge in [0.1, 0.15) is 15.1 Å². The van der Waals surface area contributed by atoms with Crippen LogP contribution in [0.1, 0.15) is 5.69 Å². The quantitative estimate of drug-likeness (QED) is 0.626. The highest BCUT2D eigenvalue weighted by molar-refractivity contribution is 8.26. The maximum absolute atomic E-state index is 12.0. The van der Waals surface area contributed by atoms with Crippen molar-refractivity contribution in [3.8, 4) is 16.3 Å². The van der Waals surface area contributed by atoms with Crippen LogP contribution < -0.4 is 4.74 Å². The van der Waals surface area contributed by atoms with Gasteiger partial charge >= 0.3 is 0 Å². The lowest BCUT2D eigenvalue weighted by Gasteiger charge is -2.03. The lowest BCUT2D eigenvalue weighted by Crippen LogP contribution is -2.22. The Morgan fingerprint density at radius 2 is 2.05 bits per heavy atom. The molecule has 2 heterocycles. The fourth-order valence-electron chi connectivity index (χ4n) is 1.90. The predicted molar refractivity (Wildman–Crippen MR) is 95.0 cm³/mol. The van der Waals surface area contributed by atoms with E-state index in [4.69, 9.17) is 17.0 Å². The highest BCUT2D eigenvalue weighted by atomic mass is 32.2. The van der Waals surface area contributed by atoms with E-state index in [0.717, 1.165) is 22.0 Å². The van der Waals surface area contributed by atoms with Gasteiger partial charge in [-0.1, -0.05) is 24.0 Å². The molecule has 112 valence electrons. The molecular weight excluding hydrogens is 336 g/mol. The van der Waals surface area contributed by atoms with E-state index in [2.05, 4.69) is 4.98 Å². The Morgan fingerprint density at radius 1 is 1.32 bits per heavy atom. The molecule has 1 fully saturated rings. The van der Waals surface area contributed by atoms with Crippen molar-refractivity contribution >= 4 is 51.6 Å². The van der Waals surface area contributed by atoms with Crippen molar-refractivity contribution in [1.82, 2.24) is 9.88 Å². The summed E-state index contributed by atoms with van der Waals surface area (Å²) >= 11 is 7.96. The summed E-state index contributed by atoms with van der Waals surface area (Å²) in [5.41, 5.74) is 1.79. The molecule has 4 nitrogen and oxygen atoms in total. The van der Waals surface area contributed by atoms with E-state index < -0.39 is 0 Å². The Balaban J connectivity index is 1.85. The van der Waals surface area contributed by atoms with Crippen LogP contribution >= 0.6 is 35.3 Å². The van der Waals surface area contributed by atoms with E-state index in [1.807, 2.05) is 29.6 Å². The molecule has 1 aromatic heterocycles. The van der Waals surface area contributed by atoms with E-state index in [1.54, 1.807) is 20.2 Å². The lowest BCUT2D eigenvalue weighted by atomic mass is 10.2. The molecule has 1 amide bonds. The summed E-state index contributed by atoms with van der Waals surface area (Å²) < 4.78 is 5.72. The standard InChI is InChI=1S/C15H12N2O2S3/c1-17-14(18)12(22-15(17)20)7-10-8-21-13(16-10)9-3-5-11(19-2)6-4-9/h3-8H,1-2H3. The number of hydrogen-bond donors (Lipinski definition) is 0. The van der Waals surface area contributed by atoms with Crippen molar-refractivity contribution in [2.24, 2.45) is 0 Å². The molecule has 0 spiro atoms. The minimum atomic E-state index is -0.0750. The molecule has 1 aliphatic heterocycles. The maximum atomic E-state index is 12.0. The summed E-state index contributed by atoms with van der Waals surface area (Å²) in [5.74, 6) is 0.737. The van der Waals surface area contributed by atoms with Gasteiger partial charge in [0, 0.05) is 18.0 Å². The Kier molecular flexibility index (Phi) is 4.28. The summed E-state index contributed by atoms with van der Waals surface area (Å²) in [6.45, 7) is 0. The smallest absolute Gasteiger partial charge is 0.265 e. The number of thiazole rings is 1. The molecule has 0 saturated carbocycles. The molecule has 2 aromatic rings. The Labute approximate surface area is 141 Å². The van der Waals surface area contributed by atoms with Crippen molar-refractivity contribution in [2.75, 3.05) is 14.2 Å². The van der Waals surface area contributed by atoms with E-state index in [1.165, 1.54) is 28.0 Å². The zero-order chi connectivity index (χ0) is 15.7. The third kappa shape index (κ3) is 2.92. The molecule has 0 bridgehead atoms. The van der Waals surface area contributed by atoms with E-state index in [0.29, 0.717) is 9.23 Å². The molecule has 1 aliphatic rings. The number of methoxy groups -OCH3 is 1. The molecule has 22 heavy (non-hydrogen) atoms. The number of benzene rings is 1. The second kappa shape index (κ2) is 6.20. The summed E-state index contributed by atoms with van der Waals surface area (Å²) in [4.78, 5) is 18.6. The maximum Gasteiger partial charge on any atom is 0.265 e. The van der Waals surface area contributed by atoms with Crippen LogP contribution in [0.5, 0.6) is 5.75 Å². The Bertz CT molecular complexity index is 765. The summed E-state index contributed by atoms with van der Waals surface area (Å²) in [5, 5.41) is 2.84. The van der Waals surface area contributed by atoms with Crippen LogP contribution in [0.3, 0.4) is 0 Å². The Morgan fingerprint density at radius 3 is 2.64 bits per heavy atom. The fraction of sp³-hybridized carbons (Fsp3) is 0.133. The van der Waals surface area contributed by atoms with Crippen LogP contribution in [0.2, 0.25) is 0 Å². The average molecular weight is 348 g/mol. The highest BCUT2D eigenvalue weighted by Crippen LogP contribution is 2.32. The zero-order valence-electron chi connectivity index (χ0n) is 11.9. The molecule has 0 atom stereocenters. The number of rotatable bonds is 3. The molecule has 0 radical (unpaired) electrons. The molecule has 1 saturated heterocycles. The number of nitrogens with zero attached hydrogens (tertiary/aromatic N) is 2. The molecule has 1 aromatic carbocycles. The van der Waals surface area contributed by atoms with Gasteiger partial charge in [-0.3, -0.25) is 9.69 Å². The van der Waals surface area contributed by atoms with E-state index >= 15 is 0 Å². The third-order valence-electron chi connectivity index (χ3n) is 3.12. The van der Waals surface area contributed by atoms with Crippen molar-refractivity contribution in [1.29, 1.82) is 0 Å². The lowest BCUT2D eigenvalue weighted by molar-refractivity contribution is -0.121. The first kappa shape index (κ1) is 15.2. The first-order valence-electron chi connectivity index (χ1n) is 6.40. The average Bonchev–Trinajstić information content (AvgIpc) is 3.09. The molecule has 3 rings (SSSR count). The van der Waals surface area contributed by atoms with Gasteiger partial charge < -0.3 is 4.74 Å². The molecule has 7 heteroatoms.